The molecule has 1 aliphatic rings. The highest BCUT2D eigenvalue weighted by molar-refractivity contribution is 9.10. The Hall–Kier alpha value is -1.81. The van der Waals surface area contributed by atoms with Crippen LogP contribution in [0.5, 0.6) is 5.75 Å². The minimum absolute atomic E-state index is 0.0999. The number of halogens is 1. The van der Waals surface area contributed by atoms with E-state index in [1.165, 1.54) is 5.56 Å². The van der Waals surface area contributed by atoms with Crippen LogP contribution in [0.3, 0.4) is 0 Å². The second-order valence-corrected chi connectivity index (χ2v) is 6.02. The lowest BCUT2D eigenvalue weighted by Crippen LogP contribution is -2.05. The quantitative estimate of drug-likeness (QED) is 0.855. The molecule has 0 aliphatic carbocycles. The summed E-state index contributed by atoms with van der Waals surface area (Å²) in [6.07, 6.45) is 1.37. The highest BCUT2D eigenvalue weighted by atomic mass is 79.9. The lowest BCUT2D eigenvalue weighted by atomic mass is 10.0. The average molecular weight is 346 g/mol. The summed E-state index contributed by atoms with van der Waals surface area (Å²) >= 11 is 3.44. The fraction of sp³-hybridized carbons (Fsp3) is 0.235. The number of ether oxygens (including phenoxy) is 1. The summed E-state index contributed by atoms with van der Waals surface area (Å²) in [7, 11) is 1.62. The van der Waals surface area contributed by atoms with Crippen molar-refractivity contribution in [1.82, 2.24) is 0 Å². The monoisotopic (exact) mass is 345 g/mol. The van der Waals surface area contributed by atoms with Crippen molar-refractivity contribution >= 4 is 27.4 Å². The van der Waals surface area contributed by atoms with Crippen molar-refractivity contribution in [3.63, 3.8) is 0 Å². The van der Waals surface area contributed by atoms with Crippen molar-refractivity contribution < 1.29 is 9.53 Å². The number of fused-ring (bicyclic) bond motifs is 1. The van der Waals surface area contributed by atoms with Crippen LogP contribution in [0.1, 0.15) is 21.5 Å². The maximum atomic E-state index is 12.5. The SMILES string of the molecule is COc1ccc(Br)cc1CC(=O)c1ccc2c(c1)NCC2. The van der Waals surface area contributed by atoms with Gasteiger partial charge in [0.25, 0.3) is 0 Å². The van der Waals surface area contributed by atoms with Gasteiger partial charge in [-0.25, -0.2) is 0 Å². The van der Waals surface area contributed by atoms with E-state index in [1.54, 1.807) is 7.11 Å². The van der Waals surface area contributed by atoms with Gasteiger partial charge in [0.2, 0.25) is 0 Å². The van der Waals surface area contributed by atoms with Gasteiger partial charge < -0.3 is 10.1 Å². The van der Waals surface area contributed by atoms with E-state index in [-0.39, 0.29) is 5.78 Å². The zero-order valence-electron chi connectivity index (χ0n) is 11.8. The van der Waals surface area contributed by atoms with E-state index in [4.69, 9.17) is 4.74 Å². The van der Waals surface area contributed by atoms with Gasteiger partial charge in [-0.05, 0) is 36.2 Å². The highest BCUT2D eigenvalue weighted by Gasteiger charge is 2.15. The van der Waals surface area contributed by atoms with E-state index in [1.807, 2.05) is 36.4 Å². The molecule has 3 rings (SSSR count). The van der Waals surface area contributed by atoms with Crippen molar-refractivity contribution in [2.24, 2.45) is 0 Å². The topological polar surface area (TPSA) is 38.3 Å². The molecule has 1 N–H and O–H groups in total. The smallest absolute Gasteiger partial charge is 0.167 e. The van der Waals surface area contributed by atoms with Gasteiger partial charge >= 0.3 is 0 Å². The van der Waals surface area contributed by atoms with Crippen LogP contribution >= 0.6 is 15.9 Å². The summed E-state index contributed by atoms with van der Waals surface area (Å²) in [5.74, 6) is 0.841. The van der Waals surface area contributed by atoms with Crippen LogP contribution in [0.15, 0.2) is 40.9 Å². The number of anilines is 1. The zero-order valence-corrected chi connectivity index (χ0v) is 13.4. The molecule has 0 radical (unpaired) electrons. The van der Waals surface area contributed by atoms with Gasteiger partial charge in [-0.3, -0.25) is 4.79 Å². The second kappa shape index (κ2) is 5.90. The normalized spacial score (nSPS) is 12.7. The molecule has 2 aromatic rings. The van der Waals surface area contributed by atoms with Gasteiger partial charge in [0.15, 0.2) is 5.78 Å². The first-order chi connectivity index (χ1) is 10.2. The Morgan fingerprint density at radius 3 is 2.95 bits per heavy atom. The van der Waals surface area contributed by atoms with Crippen LogP contribution < -0.4 is 10.1 Å². The number of Topliss-reactive ketones (excluding diaryl/α,β-unsaturated/α-hetero) is 1. The number of hydrogen-bond donors (Lipinski definition) is 1. The first-order valence-corrected chi connectivity index (χ1v) is 7.69. The van der Waals surface area contributed by atoms with Gasteiger partial charge in [-0.1, -0.05) is 28.1 Å². The molecule has 1 aliphatic heterocycles. The second-order valence-electron chi connectivity index (χ2n) is 5.10. The Kier molecular flexibility index (Phi) is 3.97. The third kappa shape index (κ3) is 2.95. The zero-order chi connectivity index (χ0) is 14.8. The van der Waals surface area contributed by atoms with Crippen molar-refractivity contribution in [3.05, 3.63) is 57.6 Å². The van der Waals surface area contributed by atoms with Crippen molar-refractivity contribution in [2.75, 3.05) is 19.0 Å². The molecule has 4 heteroatoms. The van der Waals surface area contributed by atoms with E-state index >= 15 is 0 Å². The number of nitrogens with one attached hydrogen (secondary N) is 1. The van der Waals surface area contributed by atoms with Crippen LogP contribution in [-0.4, -0.2) is 19.4 Å². The summed E-state index contributed by atoms with van der Waals surface area (Å²) in [5.41, 5.74) is 4.00. The van der Waals surface area contributed by atoms with E-state index in [0.29, 0.717) is 6.42 Å². The maximum absolute atomic E-state index is 12.5. The van der Waals surface area contributed by atoms with Crippen molar-refractivity contribution in [3.8, 4) is 5.75 Å². The molecule has 0 bridgehead atoms. The standard InChI is InChI=1S/C17H16BrNO2/c1-21-17-5-4-14(18)8-13(17)10-16(20)12-3-2-11-6-7-19-15(11)9-12/h2-5,8-9,19H,6-7,10H2,1H3. The Labute approximate surface area is 132 Å². The molecule has 21 heavy (non-hydrogen) atoms. The minimum Gasteiger partial charge on any atom is -0.496 e. The average Bonchev–Trinajstić information content (AvgIpc) is 2.94. The first kappa shape index (κ1) is 14.1. The lowest BCUT2D eigenvalue weighted by molar-refractivity contribution is 0.0992. The lowest BCUT2D eigenvalue weighted by Gasteiger charge is -2.09. The minimum atomic E-state index is 0.0999. The van der Waals surface area contributed by atoms with Crippen LogP contribution in [0, 0.1) is 0 Å². The number of rotatable bonds is 4. The molecule has 3 nitrogen and oxygen atoms in total. The Balaban J connectivity index is 1.85. The summed E-state index contributed by atoms with van der Waals surface area (Å²) < 4.78 is 6.27. The predicted octanol–water partition coefficient (Wildman–Crippen LogP) is 3.85. The third-order valence-corrected chi connectivity index (χ3v) is 4.23. The van der Waals surface area contributed by atoms with Crippen molar-refractivity contribution in [1.29, 1.82) is 0 Å². The van der Waals surface area contributed by atoms with Crippen LogP contribution in [0.4, 0.5) is 5.69 Å². The van der Waals surface area contributed by atoms with Crippen LogP contribution in [0.2, 0.25) is 0 Å². The van der Waals surface area contributed by atoms with E-state index in [9.17, 15) is 4.79 Å². The number of carbonyl (C=O) groups excluding carboxylic acids is 1. The molecule has 0 atom stereocenters. The van der Waals surface area contributed by atoms with Gasteiger partial charge in [0, 0.05) is 34.3 Å². The van der Waals surface area contributed by atoms with Crippen LogP contribution in [0.25, 0.3) is 0 Å². The number of benzene rings is 2. The largest absolute Gasteiger partial charge is 0.496 e. The van der Waals surface area contributed by atoms with Gasteiger partial charge in [0.1, 0.15) is 5.75 Å². The molecule has 2 aromatic carbocycles. The summed E-state index contributed by atoms with van der Waals surface area (Å²) in [4.78, 5) is 12.5. The third-order valence-electron chi connectivity index (χ3n) is 3.74. The molecule has 0 spiro atoms. The number of hydrogen-bond acceptors (Lipinski definition) is 3. The molecule has 1 heterocycles. The molecule has 108 valence electrons. The predicted molar refractivity (Wildman–Crippen MR) is 87.4 cm³/mol. The Bertz CT molecular complexity index is 697. The molecular weight excluding hydrogens is 330 g/mol. The molecule has 0 amide bonds. The fourth-order valence-corrected chi connectivity index (χ4v) is 3.03. The van der Waals surface area contributed by atoms with E-state index in [2.05, 4.69) is 21.2 Å². The maximum Gasteiger partial charge on any atom is 0.167 e. The molecule has 0 fully saturated rings. The van der Waals surface area contributed by atoms with Gasteiger partial charge in [-0.15, -0.1) is 0 Å². The van der Waals surface area contributed by atoms with Crippen LogP contribution in [-0.2, 0) is 12.8 Å². The molecule has 0 saturated heterocycles. The fourth-order valence-electron chi connectivity index (χ4n) is 2.62. The molecule has 0 aromatic heterocycles. The number of methoxy groups -OCH3 is 1. The van der Waals surface area contributed by atoms with E-state index in [0.717, 1.165) is 40.0 Å². The highest BCUT2D eigenvalue weighted by Crippen LogP contribution is 2.27. The molecule has 0 saturated carbocycles. The summed E-state index contributed by atoms with van der Waals surface area (Å²) in [6, 6.07) is 11.6. The summed E-state index contributed by atoms with van der Waals surface area (Å²) in [6.45, 7) is 0.951. The summed E-state index contributed by atoms with van der Waals surface area (Å²) in [5, 5.41) is 3.31. The van der Waals surface area contributed by atoms with E-state index < -0.39 is 0 Å². The Morgan fingerprint density at radius 2 is 2.14 bits per heavy atom. The van der Waals surface area contributed by atoms with Crippen molar-refractivity contribution in [2.45, 2.75) is 12.8 Å². The first-order valence-electron chi connectivity index (χ1n) is 6.90. The van der Waals surface area contributed by atoms with Gasteiger partial charge in [0.05, 0.1) is 7.11 Å². The molecule has 0 unspecified atom stereocenters. The Morgan fingerprint density at radius 1 is 1.29 bits per heavy atom. The molecular formula is C17H16BrNO2. The number of ketones is 1. The number of carbonyl (C=O) groups is 1. The van der Waals surface area contributed by atoms with Gasteiger partial charge in [-0.2, -0.15) is 0 Å².